The van der Waals surface area contributed by atoms with Gasteiger partial charge in [0.25, 0.3) is 0 Å². The van der Waals surface area contributed by atoms with Gasteiger partial charge in [0.1, 0.15) is 0 Å². The molecule has 102 valence electrons. The zero-order valence-electron chi connectivity index (χ0n) is 12.0. The molecule has 1 heteroatoms. The van der Waals surface area contributed by atoms with Crippen LogP contribution in [0.15, 0.2) is 12.2 Å². The molecule has 0 atom stereocenters. The third kappa shape index (κ3) is 15.7. The van der Waals surface area contributed by atoms with Gasteiger partial charge < -0.3 is 4.74 Å². The smallest absolute Gasteiger partial charge is 0.0500 e. The Labute approximate surface area is 109 Å². The van der Waals surface area contributed by atoms with E-state index in [-0.39, 0.29) is 0 Å². The van der Waals surface area contributed by atoms with Gasteiger partial charge in [-0.25, -0.2) is 0 Å². The van der Waals surface area contributed by atoms with Crippen LogP contribution in [0, 0.1) is 0 Å². The first-order valence-electron chi connectivity index (χ1n) is 7.64. The Kier molecular flexibility index (Phi) is 15.4. The fourth-order valence-corrected chi connectivity index (χ4v) is 1.78. The van der Waals surface area contributed by atoms with Crippen molar-refractivity contribution in [1.82, 2.24) is 0 Å². The van der Waals surface area contributed by atoms with Gasteiger partial charge in [-0.1, -0.05) is 64.5 Å². The number of allylic oxidation sites excluding steroid dienone is 1. The lowest BCUT2D eigenvalue weighted by molar-refractivity contribution is 0.136. The van der Waals surface area contributed by atoms with Crippen molar-refractivity contribution in [3.8, 4) is 0 Å². The summed E-state index contributed by atoms with van der Waals surface area (Å²) in [5.41, 5.74) is 0. The molecule has 0 fully saturated rings. The van der Waals surface area contributed by atoms with Crippen LogP contribution in [0.2, 0.25) is 0 Å². The first-order valence-corrected chi connectivity index (χ1v) is 7.64. The molecule has 1 nitrogen and oxygen atoms in total. The van der Waals surface area contributed by atoms with Crippen molar-refractivity contribution in [2.24, 2.45) is 0 Å². The quantitative estimate of drug-likeness (QED) is 0.305. The van der Waals surface area contributed by atoms with Gasteiger partial charge in [-0.15, -0.1) is 0 Å². The third-order valence-corrected chi connectivity index (χ3v) is 2.96. The van der Waals surface area contributed by atoms with Crippen LogP contribution in [-0.2, 0) is 4.74 Å². The molecule has 0 aromatic rings. The molecule has 0 aliphatic carbocycles. The van der Waals surface area contributed by atoms with E-state index in [0.717, 1.165) is 19.6 Å². The fraction of sp³-hybridized carbons (Fsp3) is 0.875. The Morgan fingerprint density at radius 3 is 2.06 bits per heavy atom. The van der Waals surface area contributed by atoms with Gasteiger partial charge >= 0.3 is 0 Å². The molecule has 0 spiro atoms. The zero-order valence-corrected chi connectivity index (χ0v) is 12.0. The van der Waals surface area contributed by atoms with Gasteiger partial charge in [0.15, 0.2) is 0 Å². The Morgan fingerprint density at radius 1 is 0.647 bits per heavy atom. The lowest BCUT2D eigenvalue weighted by Gasteiger charge is -2.00. The normalized spacial score (nSPS) is 11.4. The van der Waals surface area contributed by atoms with Gasteiger partial charge in [0, 0.05) is 6.61 Å². The summed E-state index contributed by atoms with van der Waals surface area (Å²) < 4.78 is 5.49. The molecule has 0 aliphatic heterocycles. The summed E-state index contributed by atoms with van der Waals surface area (Å²) in [6, 6.07) is 0. The average Bonchev–Trinajstić information content (AvgIpc) is 2.35. The van der Waals surface area contributed by atoms with Crippen LogP contribution in [0.5, 0.6) is 0 Å². The molecule has 0 saturated heterocycles. The SMILES string of the molecule is CCCCCCCCC=CCCOCCCC. The van der Waals surface area contributed by atoms with Crippen molar-refractivity contribution in [2.45, 2.75) is 78.1 Å². The summed E-state index contributed by atoms with van der Waals surface area (Å²) >= 11 is 0. The summed E-state index contributed by atoms with van der Waals surface area (Å²) in [6.07, 6.45) is 17.7. The van der Waals surface area contributed by atoms with Crippen LogP contribution in [0.25, 0.3) is 0 Å². The fourth-order valence-electron chi connectivity index (χ4n) is 1.78. The standard InChI is InChI=1S/C16H32O/c1-3-5-7-8-9-10-11-12-13-14-16-17-15-6-4-2/h12-13H,3-11,14-16H2,1-2H3. The molecule has 0 radical (unpaired) electrons. The number of hydrogen-bond donors (Lipinski definition) is 0. The molecular weight excluding hydrogens is 208 g/mol. The van der Waals surface area contributed by atoms with Gasteiger partial charge in [0.2, 0.25) is 0 Å². The molecule has 0 aromatic carbocycles. The van der Waals surface area contributed by atoms with E-state index in [1.807, 2.05) is 0 Å². The van der Waals surface area contributed by atoms with E-state index in [0.29, 0.717) is 0 Å². The minimum atomic E-state index is 0.896. The van der Waals surface area contributed by atoms with Crippen molar-refractivity contribution in [1.29, 1.82) is 0 Å². The number of unbranched alkanes of at least 4 members (excludes halogenated alkanes) is 7. The highest BCUT2D eigenvalue weighted by atomic mass is 16.5. The summed E-state index contributed by atoms with van der Waals surface area (Å²) in [4.78, 5) is 0. The molecule has 0 saturated carbocycles. The van der Waals surface area contributed by atoms with Crippen LogP contribution in [-0.4, -0.2) is 13.2 Å². The third-order valence-electron chi connectivity index (χ3n) is 2.96. The molecule has 0 amide bonds. The lowest BCUT2D eigenvalue weighted by atomic mass is 10.1. The Balaban J connectivity index is 2.99. The minimum Gasteiger partial charge on any atom is -0.381 e. The van der Waals surface area contributed by atoms with Gasteiger partial charge in [-0.3, -0.25) is 0 Å². The summed E-state index contributed by atoms with van der Waals surface area (Å²) in [6.45, 7) is 6.30. The van der Waals surface area contributed by atoms with Crippen molar-refractivity contribution in [2.75, 3.05) is 13.2 Å². The highest BCUT2D eigenvalue weighted by Crippen LogP contribution is 2.07. The summed E-state index contributed by atoms with van der Waals surface area (Å²) in [5.74, 6) is 0. The van der Waals surface area contributed by atoms with E-state index in [1.54, 1.807) is 0 Å². The second kappa shape index (κ2) is 15.7. The average molecular weight is 240 g/mol. The highest BCUT2D eigenvalue weighted by molar-refractivity contribution is 4.81. The number of rotatable bonds is 13. The monoisotopic (exact) mass is 240 g/mol. The first-order chi connectivity index (χ1) is 8.41. The van der Waals surface area contributed by atoms with Crippen molar-refractivity contribution in [3.05, 3.63) is 12.2 Å². The predicted octanol–water partition coefficient (Wildman–Crippen LogP) is 5.50. The summed E-state index contributed by atoms with van der Waals surface area (Å²) in [7, 11) is 0. The molecule has 0 N–H and O–H groups in total. The van der Waals surface area contributed by atoms with Gasteiger partial charge in [-0.05, 0) is 25.7 Å². The summed E-state index contributed by atoms with van der Waals surface area (Å²) in [5, 5.41) is 0. The molecule has 17 heavy (non-hydrogen) atoms. The van der Waals surface area contributed by atoms with E-state index in [2.05, 4.69) is 26.0 Å². The Morgan fingerprint density at radius 2 is 1.29 bits per heavy atom. The highest BCUT2D eigenvalue weighted by Gasteiger charge is 1.88. The van der Waals surface area contributed by atoms with Crippen LogP contribution >= 0.6 is 0 Å². The van der Waals surface area contributed by atoms with Crippen molar-refractivity contribution < 1.29 is 4.74 Å². The van der Waals surface area contributed by atoms with Crippen molar-refractivity contribution >= 4 is 0 Å². The van der Waals surface area contributed by atoms with E-state index in [1.165, 1.54) is 57.8 Å². The Bertz CT molecular complexity index is 152. The van der Waals surface area contributed by atoms with Gasteiger partial charge in [-0.2, -0.15) is 0 Å². The second-order valence-electron chi connectivity index (χ2n) is 4.78. The van der Waals surface area contributed by atoms with Crippen LogP contribution < -0.4 is 0 Å². The van der Waals surface area contributed by atoms with Crippen LogP contribution in [0.4, 0.5) is 0 Å². The number of hydrogen-bond acceptors (Lipinski definition) is 1. The molecule has 0 aliphatic rings. The van der Waals surface area contributed by atoms with Crippen LogP contribution in [0.1, 0.15) is 78.1 Å². The number of ether oxygens (including phenoxy) is 1. The minimum absolute atomic E-state index is 0.896. The molecule has 0 rings (SSSR count). The largest absolute Gasteiger partial charge is 0.381 e. The molecule has 0 heterocycles. The van der Waals surface area contributed by atoms with Crippen LogP contribution in [0.3, 0.4) is 0 Å². The molecule has 0 bridgehead atoms. The molecular formula is C16H32O. The maximum absolute atomic E-state index is 5.49. The Hall–Kier alpha value is -0.300. The first kappa shape index (κ1) is 16.7. The predicted molar refractivity (Wildman–Crippen MR) is 77.5 cm³/mol. The van der Waals surface area contributed by atoms with E-state index in [4.69, 9.17) is 4.74 Å². The zero-order chi connectivity index (χ0) is 12.6. The second-order valence-corrected chi connectivity index (χ2v) is 4.78. The lowest BCUT2D eigenvalue weighted by Crippen LogP contribution is -1.94. The topological polar surface area (TPSA) is 9.23 Å². The molecule has 0 aromatic heterocycles. The molecule has 0 unspecified atom stereocenters. The van der Waals surface area contributed by atoms with E-state index < -0.39 is 0 Å². The van der Waals surface area contributed by atoms with E-state index in [9.17, 15) is 0 Å². The van der Waals surface area contributed by atoms with E-state index >= 15 is 0 Å². The maximum atomic E-state index is 5.49. The van der Waals surface area contributed by atoms with Crippen molar-refractivity contribution in [3.63, 3.8) is 0 Å². The maximum Gasteiger partial charge on any atom is 0.0500 e. The van der Waals surface area contributed by atoms with Gasteiger partial charge in [0.05, 0.1) is 6.61 Å².